The number of amides is 1. The molecule has 0 atom stereocenters. The summed E-state index contributed by atoms with van der Waals surface area (Å²) in [5, 5.41) is 13.2. The first-order valence-corrected chi connectivity index (χ1v) is 8.67. The van der Waals surface area contributed by atoms with Gasteiger partial charge in [0.2, 0.25) is 5.17 Å². The predicted octanol–water partition coefficient (Wildman–Crippen LogP) is 3.35. The Kier molecular flexibility index (Phi) is 6.08. The molecule has 0 saturated heterocycles. The van der Waals surface area contributed by atoms with Crippen LogP contribution in [-0.4, -0.2) is 32.2 Å². The van der Waals surface area contributed by atoms with Gasteiger partial charge >= 0.3 is 0 Å². The molecule has 1 amide bonds. The van der Waals surface area contributed by atoms with Crippen LogP contribution in [0.3, 0.4) is 0 Å². The van der Waals surface area contributed by atoms with Crippen LogP contribution >= 0.6 is 34.7 Å². The third kappa shape index (κ3) is 4.75. The largest absolute Gasteiger partial charge is 0.277 e. The minimum Gasteiger partial charge on any atom is -0.277 e. The summed E-state index contributed by atoms with van der Waals surface area (Å²) in [5.41, 5.74) is 0.410. The van der Waals surface area contributed by atoms with Gasteiger partial charge in [0.1, 0.15) is 0 Å². The standard InChI is InChI=1S/C13H11ClN4O3S2/c1-22-13(16-18(20)21)17(8-10-7-15-12(14)23-10)11(19)9-5-3-2-4-6-9/h2-7H,8H2,1H3. The second-order valence-electron chi connectivity index (χ2n) is 4.16. The molecule has 0 spiro atoms. The third-order valence-corrected chi connectivity index (χ3v) is 4.45. The molecule has 0 fully saturated rings. The molecule has 1 aromatic heterocycles. The summed E-state index contributed by atoms with van der Waals surface area (Å²) in [6, 6.07) is 8.50. The number of rotatable bonds is 4. The average Bonchev–Trinajstić information content (AvgIpc) is 2.96. The van der Waals surface area contributed by atoms with Crippen molar-refractivity contribution in [1.29, 1.82) is 0 Å². The van der Waals surface area contributed by atoms with Crippen molar-refractivity contribution in [2.24, 2.45) is 5.10 Å². The summed E-state index contributed by atoms with van der Waals surface area (Å²) in [6.45, 7) is 0.103. The van der Waals surface area contributed by atoms with Gasteiger partial charge in [-0.15, -0.1) is 11.3 Å². The number of nitro groups is 1. The highest BCUT2D eigenvalue weighted by Crippen LogP contribution is 2.22. The van der Waals surface area contributed by atoms with Crippen LogP contribution in [0, 0.1) is 10.1 Å². The van der Waals surface area contributed by atoms with Gasteiger partial charge in [0.15, 0.2) is 9.50 Å². The number of aromatic nitrogens is 1. The lowest BCUT2D eigenvalue weighted by atomic mass is 10.2. The fourth-order valence-electron chi connectivity index (χ4n) is 1.75. The van der Waals surface area contributed by atoms with E-state index in [0.717, 1.165) is 11.8 Å². The highest BCUT2D eigenvalue weighted by atomic mass is 35.5. The lowest BCUT2D eigenvalue weighted by molar-refractivity contribution is -0.485. The molecule has 0 aliphatic carbocycles. The second kappa shape index (κ2) is 8.04. The molecule has 0 bridgehead atoms. The summed E-state index contributed by atoms with van der Waals surface area (Å²) in [6.07, 6.45) is 3.15. The van der Waals surface area contributed by atoms with Gasteiger partial charge in [0.05, 0.1) is 11.6 Å². The number of hydrazone groups is 1. The fourth-order valence-corrected chi connectivity index (χ4v) is 3.23. The van der Waals surface area contributed by atoms with E-state index in [2.05, 4.69) is 10.1 Å². The molecule has 2 aromatic rings. The molecule has 23 heavy (non-hydrogen) atoms. The lowest BCUT2D eigenvalue weighted by Crippen LogP contribution is -2.35. The first-order chi connectivity index (χ1) is 11.0. The number of carbonyl (C=O) groups is 1. The van der Waals surface area contributed by atoms with Gasteiger partial charge in [-0.1, -0.05) is 41.6 Å². The number of carbonyl (C=O) groups excluding carboxylic acids is 1. The zero-order chi connectivity index (χ0) is 16.8. The van der Waals surface area contributed by atoms with Gasteiger partial charge in [-0.2, -0.15) is 0 Å². The first kappa shape index (κ1) is 17.4. The monoisotopic (exact) mass is 370 g/mol. The Morgan fingerprint density at radius 3 is 2.70 bits per heavy atom. The maximum absolute atomic E-state index is 12.7. The van der Waals surface area contributed by atoms with Crippen molar-refractivity contribution in [2.45, 2.75) is 6.54 Å². The van der Waals surface area contributed by atoms with E-state index >= 15 is 0 Å². The van der Waals surface area contributed by atoms with Crippen LogP contribution in [0.25, 0.3) is 0 Å². The van der Waals surface area contributed by atoms with Crippen LogP contribution < -0.4 is 0 Å². The van der Waals surface area contributed by atoms with Gasteiger partial charge in [-0.3, -0.25) is 9.69 Å². The number of thioether (sulfide) groups is 1. The van der Waals surface area contributed by atoms with E-state index in [9.17, 15) is 14.9 Å². The molecular weight excluding hydrogens is 360 g/mol. The van der Waals surface area contributed by atoms with Crippen LogP contribution in [0.5, 0.6) is 0 Å². The van der Waals surface area contributed by atoms with Crippen LogP contribution in [0.2, 0.25) is 4.47 Å². The quantitative estimate of drug-likeness (QED) is 0.356. The Bertz CT molecular complexity index is 736. The summed E-state index contributed by atoms with van der Waals surface area (Å²) >= 11 is 8.02. The smallest absolute Gasteiger partial charge is 0.260 e. The van der Waals surface area contributed by atoms with Crippen molar-refractivity contribution in [3.8, 4) is 0 Å². The van der Waals surface area contributed by atoms with Crippen LogP contribution in [-0.2, 0) is 6.54 Å². The Labute approximate surface area is 145 Å². The van der Waals surface area contributed by atoms with Crippen LogP contribution in [0.1, 0.15) is 15.2 Å². The number of halogens is 1. The average molecular weight is 371 g/mol. The molecule has 0 radical (unpaired) electrons. The van der Waals surface area contributed by atoms with Crippen LogP contribution in [0.15, 0.2) is 41.6 Å². The molecular formula is C13H11ClN4O3S2. The van der Waals surface area contributed by atoms with Gasteiger partial charge in [0, 0.05) is 16.6 Å². The summed E-state index contributed by atoms with van der Waals surface area (Å²) in [7, 11) is 0. The van der Waals surface area contributed by atoms with Crippen molar-refractivity contribution < 1.29 is 9.83 Å². The summed E-state index contributed by atoms with van der Waals surface area (Å²) < 4.78 is 0.337. The van der Waals surface area contributed by atoms with Crippen molar-refractivity contribution in [2.75, 3.05) is 6.26 Å². The maximum Gasteiger partial charge on any atom is 0.260 e. The van der Waals surface area contributed by atoms with Gasteiger partial charge in [-0.25, -0.2) is 15.1 Å². The summed E-state index contributed by atoms with van der Waals surface area (Å²) in [5.74, 6) is -0.384. The zero-order valence-electron chi connectivity index (χ0n) is 11.9. The van der Waals surface area contributed by atoms with Crippen molar-refractivity contribution in [3.63, 3.8) is 0 Å². The predicted molar refractivity (Wildman–Crippen MR) is 91.4 cm³/mol. The van der Waals surface area contributed by atoms with Crippen molar-refractivity contribution in [1.82, 2.24) is 9.88 Å². The lowest BCUT2D eigenvalue weighted by Gasteiger charge is -2.20. The van der Waals surface area contributed by atoms with E-state index in [-0.39, 0.29) is 17.6 Å². The molecule has 1 aromatic carbocycles. The minimum absolute atomic E-state index is 0.00613. The van der Waals surface area contributed by atoms with E-state index in [1.54, 1.807) is 36.6 Å². The molecule has 10 heteroatoms. The molecule has 2 rings (SSSR count). The topological polar surface area (TPSA) is 88.7 Å². The Balaban J connectivity index is 2.37. The number of hydrogen-bond donors (Lipinski definition) is 0. The van der Waals surface area contributed by atoms with E-state index in [1.807, 2.05) is 0 Å². The molecule has 7 nitrogen and oxygen atoms in total. The van der Waals surface area contributed by atoms with Gasteiger partial charge < -0.3 is 0 Å². The Morgan fingerprint density at radius 1 is 1.48 bits per heavy atom. The normalized spacial score (nSPS) is 11.3. The Hall–Kier alpha value is -1.97. The molecule has 1 heterocycles. The number of benzene rings is 1. The van der Waals surface area contributed by atoms with E-state index < -0.39 is 5.03 Å². The SMILES string of the molecule is CSC(=N[N+](=O)[O-])N(Cc1cnc(Cl)s1)C(=O)c1ccccc1. The second-order valence-corrected chi connectivity index (χ2v) is 6.63. The number of thiazole rings is 1. The minimum atomic E-state index is -0.823. The molecule has 0 saturated carbocycles. The number of amidine groups is 1. The summed E-state index contributed by atoms with van der Waals surface area (Å²) in [4.78, 5) is 29.3. The molecule has 0 aliphatic rings. The zero-order valence-corrected chi connectivity index (χ0v) is 14.3. The Morgan fingerprint density at radius 2 is 2.17 bits per heavy atom. The highest BCUT2D eigenvalue weighted by Gasteiger charge is 2.24. The van der Waals surface area contributed by atoms with Crippen LogP contribution in [0.4, 0.5) is 0 Å². The van der Waals surface area contributed by atoms with E-state index in [0.29, 0.717) is 14.9 Å². The maximum atomic E-state index is 12.7. The molecule has 0 N–H and O–H groups in total. The molecule has 120 valence electrons. The first-order valence-electron chi connectivity index (χ1n) is 6.25. The number of hydrogen-bond acceptors (Lipinski definition) is 6. The van der Waals surface area contributed by atoms with E-state index in [1.165, 1.54) is 22.4 Å². The van der Waals surface area contributed by atoms with E-state index in [4.69, 9.17) is 11.6 Å². The van der Waals surface area contributed by atoms with Gasteiger partial charge in [-0.05, 0) is 18.4 Å². The molecule has 0 unspecified atom stereocenters. The van der Waals surface area contributed by atoms with Crippen molar-refractivity contribution in [3.05, 3.63) is 61.6 Å². The molecule has 0 aliphatic heterocycles. The third-order valence-electron chi connectivity index (χ3n) is 2.69. The number of nitrogens with zero attached hydrogens (tertiary/aromatic N) is 4. The van der Waals surface area contributed by atoms with Crippen molar-refractivity contribution >= 4 is 45.8 Å². The fraction of sp³-hybridized carbons (Fsp3) is 0.154. The van der Waals surface area contributed by atoms with Gasteiger partial charge in [0.25, 0.3) is 5.91 Å². The highest BCUT2D eigenvalue weighted by molar-refractivity contribution is 8.13.